The van der Waals surface area contributed by atoms with Crippen molar-refractivity contribution in [1.29, 1.82) is 0 Å². The molecule has 0 saturated heterocycles. The third kappa shape index (κ3) is 2.44. The van der Waals surface area contributed by atoms with Gasteiger partial charge in [0.1, 0.15) is 16.3 Å². The molecule has 0 amide bonds. The Morgan fingerprint density at radius 1 is 1.56 bits per heavy atom. The minimum Gasteiger partial charge on any atom is -0.461 e. The second kappa shape index (κ2) is 5.32. The SMILES string of the molecule is CCOC(=O)c1cc(S(=O)(=O)NC)c(C=O)n1C. The van der Waals surface area contributed by atoms with E-state index in [1.165, 1.54) is 18.7 Å². The van der Waals surface area contributed by atoms with Crippen LogP contribution in [0.1, 0.15) is 27.9 Å². The molecule has 7 nitrogen and oxygen atoms in total. The van der Waals surface area contributed by atoms with Crippen molar-refractivity contribution in [3.05, 3.63) is 17.5 Å². The number of sulfonamides is 1. The van der Waals surface area contributed by atoms with Gasteiger partial charge in [0.05, 0.1) is 6.61 Å². The first kappa shape index (κ1) is 14.4. The topological polar surface area (TPSA) is 94.5 Å². The lowest BCUT2D eigenvalue weighted by molar-refractivity contribution is 0.0515. The zero-order valence-electron chi connectivity index (χ0n) is 10.3. The quantitative estimate of drug-likeness (QED) is 0.598. The average Bonchev–Trinajstić information content (AvgIpc) is 2.67. The fourth-order valence-corrected chi connectivity index (χ4v) is 2.40. The summed E-state index contributed by atoms with van der Waals surface area (Å²) >= 11 is 0. The van der Waals surface area contributed by atoms with Gasteiger partial charge in [-0.15, -0.1) is 0 Å². The Kier molecular flexibility index (Phi) is 4.25. The van der Waals surface area contributed by atoms with Crippen LogP contribution < -0.4 is 4.72 Å². The maximum Gasteiger partial charge on any atom is 0.354 e. The van der Waals surface area contributed by atoms with E-state index in [0.29, 0.717) is 6.29 Å². The van der Waals surface area contributed by atoms with E-state index in [4.69, 9.17) is 4.74 Å². The van der Waals surface area contributed by atoms with E-state index in [-0.39, 0.29) is 22.9 Å². The van der Waals surface area contributed by atoms with Crippen LogP contribution in [-0.4, -0.2) is 38.9 Å². The van der Waals surface area contributed by atoms with Crippen molar-refractivity contribution in [1.82, 2.24) is 9.29 Å². The van der Waals surface area contributed by atoms with Crippen LogP contribution >= 0.6 is 0 Å². The van der Waals surface area contributed by atoms with Crippen LogP contribution in [0, 0.1) is 0 Å². The molecule has 0 aliphatic heterocycles. The molecule has 0 aromatic carbocycles. The first-order chi connectivity index (χ1) is 8.38. The molecule has 8 heteroatoms. The number of carbonyl (C=O) groups excluding carboxylic acids is 2. The van der Waals surface area contributed by atoms with Gasteiger partial charge >= 0.3 is 5.97 Å². The highest BCUT2D eigenvalue weighted by molar-refractivity contribution is 7.89. The smallest absolute Gasteiger partial charge is 0.354 e. The van der Waals surface area contributed by atoms with Crippen LogP contribution in [0.4, 0.5) is 0 Å². The van der Waals surface area contributed by atoms with Gasteiger partial charge < -0.3 is 9.30 Å². The van der Waals surface area contributed by atoms with Crippen LogP contribution in [-0.2, 0) is 21.8 Å². The average molecular weight is 274 g/mol. The van der Waals surface area contributed by atoms with E-state index in [9.17, 15) is 18.0 Å². The van der Waals surface area contributed by atoms with Crippen molar-refractivity contribution >= 4 is 22.3 Å². The van der Waals surface area contributed by atoms with Gasteiger partial charge in [0, 0.05) is 7.05 Å². The highest BCUT2D eigenvalue weighted by Crippen LogP contribution is 2.19. The molecule has 1 heterocycles. The lowest BCUT2D eigenvalue weighted by Gasteiger charge is -2.03. The van der Waals surface area contributed by atoms with Crippen molar-refractivity contribution in [2.24, 2.45) is 7.05 Å². The largest absolute Gasteiger partial charge is 0.461 e. The first-order valence-electron chi connectivity index (χ1n) is 5.14. The molecule has 0 aliphatic carbocycles. The van der Waals surface area contributed by atoms with Gasteiger partial charge in [-0.1, -0.05) is 0 Å². The number of hydrogen-bond acceptors (Lipinski definition) is 5. The van der Waals surface area contributed by atoms with Gasteiger partial charge in [0.15, 0.2) is 6.29 Å². The van der Waals surface area contributed by atoms with Crippen LogP contribution in [0.3, 0.4) is 0 Å². The summed E-state index contributed by atoms with van der Waals surface area (Å²) in [4.78, 5) is 22.3. The Morgan fingerprint density at radius 3 is 2.61 bits per heavy atom. The molecule has 0 fully saturated rings. The Labute approximate surface area is 105 Å². The summed E-state index contributed by atoms with van der Waals surface area (Å²) in [6.45, 7) is 1.79. The third-order valence-electron chi connectivity index (χ3n) is 2.40. The maximum absolute atomic E-state index is 11.7. The van der Waals surface area contributed by atoms with Crippen molar-refractivity contribution < 1.29 is 22.7 Å². The van der Waals surface area contributed by atoms with Crippen LogP contribution in [0.2, 0.25) is 0 Å². The number of ether oxygens (including phenoxy) is 1. The van der Waals surface area contributed by atoms with Crippen LogP contribution in [0.15, 0.2) is 11.0 Å². The molecule has 0 unspecified atom stereocenters. The summed E-state index contributed by atoms with van der Waals surface area (Å²) in [5, 5.41) is 0. The lowest BCUT2D eigenvalue weighted by Crippen LogP contribution is -2.19. The van der Waals surface area contributed by atoms with Gasteiger partial charge in [0.2, 0.25) is 10.0 Å². The molecule has 1 aromatic heterocycles. The van der Waals surface area contributed by atoms with Gasteiger partial charge in [-0.05, 0) is 20.0 Å². The lowest BCUT2D eigenvalue weighted by atomic mass is 10.4. The predicted octanol–water partition coefficient (Wildman–Crippen LogP) is -0.0776. The summed E-state index contributed by atoms with van der Waals surface area (Å²) < 4.78 is 31.4. The predicted molar refractivity (Wildman–Crippen MR) is 63.0 cm³/mol. The third-order valence-corrected chi connectivity index (χ3v) is 3.84. The number of nitrogens with zero attached hydrogens (tertiary/aromatic N) is 1. The van der Waals surface area contributed by atoms with E-state index in [2.05, 4.69) is 4.72 Å². The highest BCUT2D eigenvalue weighted by atomic mass is 32.2. The highest BCUT2D eigenvalue weighted by Gasteiger charge is 2.25. The minimum atomic E-state index is -3.80. The second-order valence-electron chi connectivity index (χ2n) is 3.38. The fourth-order valence-electron chi connectivity index (χ4n) is 1.45. The van der Waals surface area contributed by atoms with E-state index < -0.39 is 16.0 Å². The fraction of sp³-hybridized carbons (Fsp3) is 0.400. The number of rotatable bonds is 5. The molecule has 0 spiro atoms. The van der Waals surface area contributed by atoms with Crippen molar-refractivity contribution in [3.8, 4) is 0 Å². The number of hydrogen-bond donors (Lipinski definition) is 1. The number of esters is 1. The normalized spacial score (nSPS) is 11.3. The molecule has 0 saturated carbocycles. The number of aromatic nitrogens is 1. The minimum absolute atomic E-state index is 0.00720. The van der Waals surface area contributed by atoms with Crippen LogP contribution in [0.5, 0.6) is 0 Å². The molecule has 1 aromatic rings. The molecule has 0 bridgehead atoms. The summed E-state index contributed by atoms with van der Waals surface area (Å²) in [5.74, 6) is -0.680. The summed E-state index contributed by atoms with van der Waals surface area (Å²) in [5.41, 5.74) is -0.0971. The molecule has 1 N–H and O–H groups in total. The first-order valence-corrected chi connectivity index (χ1v) is 6.62. The molecule has 18 heavy (non-hydrogen) atoms. The van der Waals surface area contributed by atoms with E-state index >= 15 is 0 Å². The molecule has 0 aliphatic rings. The molecular weight excluding hydrogens is 260 g/mol. The monoisotopic (exact) mass is 274 g/mol. The van der Waals surface area contributed by atoms with Gasteiger partial charge in [-0.3, -0.25) is 4.79 Å². The molecular formula is C10H14N2O5S. The second-order valence-corrected chi connectivity index (χ2v) is 5.24. The Balaban J connectivity index is 3.44. The molecule has 0 radical (unpaired) electrons. The van der Waals surface area contributed by atoms with Crippen molar-refractivity contribution in [2.75, 3.05) is 13.7 Å². The maximum atomic E-state index is 11.7. The zero-order chi connectivity index (χ0) is 13.9. The van der Waals surface area contributed by atoms with Gasteiger partial charge in [-0.25, -0.2) is 17.9 Å². The molecule has 0 atom stereocenters. The van der Waals surface area contributed by atoms with Crippen LogP contribution in [0.25, 0.3) is 0 Å². The van der Waals surface area contributed by atoms with Crippen molar-refractivity contribution in [2.45, 2.75) is 11.8 Å². The summed E-state index contributed by atoms with van der Waals surface area (Å²) in [7, 11) is -1.16. The van der Waals surface area contributed by atoms with Crippen molar-refractivity contribution in [3.63, 3.8) is 0 Å². The summed E-state index contributed by atoms with van der Waals surface area (Å²) in [6.07, 6.45) is 0.382. The van der Waals surface area contributed by atoms with E-state index in [0.717, 1.165) is 6.07 Å². The number of aldehydes is 1. The van der Waals surface area contributed by atoms with Gasteiger partial charge in [0.25, 0.3) is 0 Å². The molecule has 1 rings (SSSR count). The van der Waals surface area contributed by atoms with E-state index in [1.54, 1.807) is 6.92 Å². The Bertz CT molecular complexity index is 573. The number of carbonyl (C=O) groups is 2. The Morgan fingerprint density at radius 2 is 2.17 bits per heavy atom. The Hall–Kier alpha value is -1.67. The standard InChI is InChI=1S/C10H14N2O5S/c1-4-17-10(14)7-5-9(18(15,16)11-2)8(6-13)12(7)3/h5-6,11H,4H2,1-3H3. The van der Waals surface area contributed by atoms with Gasteiger partial charge in [-0.2, -0.15) is 0 Å². The summed E-state index contributed by atoms with van der Waals surface area (Å²) in [6, 6.07) is 1.12. The number of nitrogens with one attached hydrogen (secondary N) is 1. The molecule has 100 valence electrons. The zero-order valence-corrected chi connectivity index (χ0v) is 11.1. The van der Waals surface area contributed by atoms with E-state index in [1.807, 2.05) is 0 Å².